The molecule has 2 fully saturated rings. The van der Waals surface area contributed by atoms with Gasteiger partial charge in [-0.15, -0.1) is 12.4 Å². The second-order valence-electron chi connectivity index (χ2n) is 6.15. The molecule has 1 saturated carbocycles. The minimum absolute atomic E-state index is 0. The number of carbonyl (C=O) groups is 2. The quantitative estimate of drug-likeness (QED) is 0.712. The first-order chi connectivity index (χ1) is 11.2. The van der Waals surface area contributed by atoms with Crippen molar-refractivity contribution in [2.75, 3.05) is 19.8 Å². The Labute approximate surface area is 148 Å². The van der Waals surface area contributed by atoms with Gasteiger partial charge in [0.1, 0.15) is 0 Å². The van der Waals surface area contributed by atoms with Gasteiger partial charge >= 0.3 is 0 Å². The van der Waals surface area contributed by atoms with E-state index < -0.39 is 0 Å². The summed E-state index contributed by atoms with van der Waals surface area (Å²) in [5.74, 6) is -0.0509. The lowest BCUT2D eigenvalue weighted by molar-refractivity contribution is -0.122. The number of rotatable bonds is 6. The number of amides is 2. The van der Waals surface area contributed by atoms with Crippen LogP contribution in [0.2, 0.25) is 0 Å². The van der Waals surface area contributed by atoms with E-state index in [9.17, 15) is 9.59 Å². The lowest BCUT2D eigenvalue weighted by atomic mass is 10.1. The highest BCUT2D eigenvalue weighted by Gasteiger charge is 2.23. The summed E-state index contributed by atoms with van der Waals surface area (Å²) in [6, 6.07) is 7.82. The van der Waals surface area contributed by atoms with Crippen molar-refractivity contribution in [3.63, 3.8) is 0 Å². The van der Waals surface area contributed by atoms with Crippen LogP contribution in [0, 0.1) is 0 Å². The van der Waals surface area contributed by atoms with Crippen LogP contribution in [0.1, 0.15) is 35.2 Å². The third-order valence-electron chi connectivity index (χ3n) is 4.02. The van der Waals surface area contributed by atoms with E-state index in [1.807, 2.05) is 18.2 Å². The van der Waals surface area contributed by atoms with Gasteiger partial charge in [-0.3, -0.25) is 9.59 Å². The molecule has 6 nitrogen and oxygen atoms in total. The highest BCUT2D eigenvalue weighted by molar-refractivity contribution is 5.94. The van der Waals surface area contributed by atoms with Crippen LogP contribution in [0.4, 0.5) is 0 Å². The Kier molecular flexibility index (Phi) is 7.02. The molecule has 3 rings (SSSR count). The molecule has 1 heterocycles. The predicted octanol–water partition coefficient (Wildman–Crippen LogP) is 0.995. The first-order valence-corrected chi connectivity index (χ1v) is 8.18. The molecule has 3 N–H and O–H groups in total. The molecule has 1 aliphatic carbocycles. The van der Waals surface area contributed by atoms with Crippen LogP contribution in [-0.4, -0.2) is 43.7 Å². The summed E-state index contributed by atoms with van der Waals surface area (Å²) in [6.45, 7) is 2.49. The Morgan fingerprint density at radius 2 is 2.12 bits per heavy atom. The highest BCUT2D eigenvalue weighted by atomic mass is 35.5. The highest BCUT2D eigenvalue weighted by Crippen LogP contribution is 2.19. The first kappa shape index (κ1) is 18.7. The van der Waals surface area contributed by atoms with Crippen molar-refractivity contribution in [1.82, 2.24) is 16.0 Å². The molecule has 1 aromatic rings. The van der Waals surface area contributed by atoms with Gasteiger partial charge in [0.05, 0.1) is 13.2 Å². The fourth-order valence-electron chi connectivity index (χ4n) is 2.57. The van der Waals surface area contributed by atoms with Crippen molar-refractivity contribution in [1.29, 1.82) is 0 Å². The minimum Gasteiger partial charge on any atom is -0.378 e. The maximum atomic E-state index is 12.0. The molecule has 132 valence electrons. The first-order valence-electron chi connectivity index (χ1n) is 8.18. The van der Waals surface area contributed by atoms with Crippen LogP contribution >= 0.6 is 12.4 Å². The lowest BCUT2D eigenvalue weighted by Crippen LogP contribution is -2.44. The van der Waals surface area contributed by atoms with Crippen LogP contribution in [0.5, 0.6) is 0 Å². The van der Waals surface area contributed by atoms with Gasteiger partial charge in [0, 0.05) is 37.2 Å². The Balaban J connectivity index is 0.00000208. The number of ether oxygens (including phenoxy) is 1. The van der Waals surface area contributed by atoms with Crippen molar-refractivity contribution in [3.8, 4) is 0 Å². The monoisotopic (exact) mass is 353 g/mol. The minimum atomic E-state index is -0.0377. The summed E-state index contributed by atoms with van der Waals surface area (Å²) in [6.07, 6.45) is 2.54. The van der Waals surface area contributed by atoms with E-state index in [1.165, 1.54) is 0 Å². The van der Waals surface area contributed by atoms with E-state index in [1.54, 1.807) is 6.07 Å². The van der Waals surface area contributed by atoms with Crippen LogP contribution in [-0.2, 0) is 16.1 Å². The Hall–Kier alpha value is -1.63. The van der Waals surface area contributed by atoms with Crippen LogP contribution < -0.4 is 16.0 Å². The average Bonchev–Trinajstić information content (AvgIpc) is 3.38. The van der Waals surface area contributed by atoms with Crippen molar-refractivity contribution in [2.24, 2.45) is 0 Å². The maximum Gasteiger partial charge on any atom is 0.251 e. The number of hydrogen-bond donors (Lipinski definition) is 3. The Morgan fingerprint density at radius 3 is 2.83 bits per heavy atom. The molecule has 1 unspecified atom stereocenters. The summed E-state index contributed by atoms with van der Waals surface area (Å²) in [5.41, 5.74) is 1.57. The van der Waals surface area contributed by atoms with E-state index in [0.717, 1.165) is 24.9 Å². The molecular formula is C17H24ClN3O3. The van der Waals surface area contributed by atoms with Gasteiger partial charge in [-0.1, -0.05) is 12.1 Å². The van der Waals surface area contributed by atoms with E-state index in [2.05, 4.69) is 16.0 Å². The molecule has 24 heavy (non-hydrogen) atoms. The van der Waals surface area contributed by atoms with Gasteiger partial charge in [0.25, 0.3) is 5.91 Å². The van der Waals surface area contributed by atoms with Crippen molar-refractivity contribution >= 4 is 24.2 Å². The second-order valence-corrected chi connectivity index (χ2v) is 6.15. The van der Waals surface area contributed by atoms with E-state index in [0.29, 0.717) is 37.8 Å². The summed E-state index contributed by atoms with van der Waals surface area (Å²) >= 11 is 0. The molecule has 1 saturated heterocycles. The number of nitrogens with one attached hydrogen (secondary N) is 3. The van der Waals surface area contributed by atoms with Gasteiger partial charge < -0.3 is 20.7 Å². The molecule has 0 spiro atoms. The fourth-order valence-corrected chi connectivity index (χ4v) is 2.57. The Morgan fingerprint density at radius 1 is 1.29 bits per heavy atom. The van der Waals surface area contributed by atoms with Gasteiger partial charge in [-0.2, -0.15) is 0 Å². The molecule has 1 aliphatic heterocycles. The van der Waals surface area contributed by atoms with Gasteiger partial charge in [0.2, 0.25) is 5.91 Å². The van der Waals surface area contributed by atoms with E-state index in [-0.39, 0.29) is 30.3 Å². The molecule has 2 amide bonds. The number of benzene rings is 1. The summed E-state index contributed by atoms with van der Waals surface area (Å²) in [7, 11) is 0. The topological polar surface area (TPSA) is 79.5 Å². The maximum absolute atomic E-state index is 12.0. The molecule has 0 radical (unpaired) electrons. The summed E-state index contributed by atoms with van der Waals surface area (Å²) in [5, 5.41) is 9.12. The van der Waals surface area contributed by atoms with Crippen molar-refractivity contribution in [3.05, 3.63) is 35.4 Å². The smallest absolute Gasteiger partial charge is 0.251 e. The molecule has 0 aromatic heterocycles. The van der Waals surface area contributed by atoms with Gasteiger partial charge in [-0.05, 0) is 30.5 Å². The molecular weight excluding hydrogens is 330 g/mol. The zero-order valence-electron chi connectivity index (χ0n) is 13.5. The third kappa shape index (κ3) is 5.78. The largest absolute Gasteiger partial charge is 0.378 e. The normalized spacial score (nSPS) is 19.9. The molecule has 1 aromatic carbocycles. The van der Waals surface area contributed by atoms with Crippen molar-refractivity contribution in [2.45, 2.75) is 37.9 Å². The van der Waals surface area contributed by atoms with Crippen molar-refractivity contribution < 1.29 is 14.3 Å². The van der Waals surface area contributed by atoms with Gasteiger partial charge in [0.15, 0.2) is 0 Å². The SMILES string of the molecule is Cl.O=C(CC1COCCN1)NCc1cccc(C(=O)NC2CC2)c1. The number of halogens is 1. The predicted molar refractivity (Wildman–Crippen MR) is 93.3 cm³/mol. The number of morpholine rings is 1. The van der Waals surface area contributed by atoms with E-state index >= 15 is 0 Å². The summed E-state index contributed by atoms with van der Waals surface area (Å²) < 4.78 is 5.34. The zero-order valence-corrected chi connectivity index (χ0v) is 14.4. The number of carbonyl (C=O) groups excluding carboxylic acids is 2. The molecule has 2 aliphatic rings. The van der Waals surface area contributed by atoms with E-state index in [4.69, 9.17) is 4.74 Å². The number of hydrogen-bond acceptors (Lipinski definition) is 4. The van der Waals surface area contributed by atoms with Gasteiger partial charge in [-0.25, -0.2) is 0 Å². The third-order valence-corrected chi connectivity index (χ3v) is 4.02. The second kappa shape index (κ2) is 9.01. The van der Waals surface area contributed by atoms with Crippen LogP contribution in [0.3, 0.4) is 0 Å². The Bertz CT molecular complexity index is 572. The average molecular weight is 354 g/mol. The zero-order chi connectivity index (χ0) is 16.1. The van der Waals surface area contributed by atoms with Crippen LogP contribution in [0.15, 0.2) is 24.3 Å². The summed E-state index contributed by atoms with van der Waals surface area (Å²) in [4.78, 5) is 24.0. The molecule has 7 heteroatoms. The standard InChI is InChI=1S/C17H23N3O3.ClH/c21-16(9-15-11-23-7-6-18-15)19-10-12-2-1-3-13(8-12)17(22)20-14-4-5-14;/h1-3,8,14-15,18H,4-7,9-11H2,(H,19,21)(H,20,22);1H. The molecule has 0 bridgehead atoms. The van der Waals surface area contributed by atoms with Crippen LogP contribution in [0.25, 0.3) is 0 Å². The fraction of sp³-hybridized carbons (Fsp3) is 0.529. The molecule has 1 atom stereocenters. The lowest BCUT2D eigenvalue weighted by Gasteiger charge is -2.23.